The van der Waals surface area contributed by atoms with Crippen LogP contribution < -0.4 is 0 Å². The summed E-state index contributed by atoms with van der Waals surface area (Å²) in [7, 11) is 0. The zero-order chi connectivity index (χ0) is 10.5. The van der Waals surface area contributed by atoms with E-state index in [9.17, 15) is 4.79 Å². The van der Waals surface area contributed by atoms with Crippen molar-refractivity contribution in [3.8, 4) is 0 Å². The quantitative estimate of drug-likeness (QED) is 0.679. The van der Waals surface area contributed by atoms with E-state index in [1.165, 1.54) is 0 Å². The van der Waals surface area contributed by atoms with Gasteiger partial charge in [-0.3, -0.25) is 9.78 Å². The van der Waals surface area contributed by atoms with E-state index in [-0.39, 0.29) is 5.91 Å². The lowest BCUT2D eigenvalue weighted by Crippen LogP contribution is -2.33. The molecule has 79 valence electrons. The third-order valence-electron chi connectivity index (χ3n) is 2.37. The van der Waals surface area contributed by atoms with Crippen molar-refractivity contribution in [3.05, 3.63) is 30.1 Å². The summed E-state index contributed by atoms with van der Waals surface area (Å²) in [6.07, 6.45) is 5.11. The molecule has 0 aliphatic carbocycles. The predicted molar refractivity (Wildman–Crippen MR) is 54.4 cm³/mol. The van der Waals surface area contributed by atoms with Crippen molar-refractivity contribution >= 4 is 5.91 Å². The van der Waals surface area contributed by atoms with Gasteiger partial charge < -0.3 is 9.64 Å². The van der Waals surface area contributed by atoms with Crippen LogP contribution in [0.3, 0.4) is 0 Å². The molecule has 4 nitrogen and oxygen atoms in total. The van der Waals surface area contributed by atoms with Crippen molar-refractivity contribution in [2.75, 3.05) is 26.3 Å². The van der Waals surface area contributed by atoms with E-state index in [4.69, 9.17) is 4.74 Å². The number of ether oxygens (including phenoxy) is 1. The van der Waals surface area contributed by atoms with Crippen LogP contribution in [0.15, 0.2) is 18.3 Å². The third-order valence-corrected chi connectivity index (χ3v) is 2.37. The second-order valence-electron chi connectivity index (χ2n) is 3.43. The van der Waals surface area contributed by atoms with E-state index in [2.05, 4.69) is 11.2 Å². The summed E-state index contributed by atoms with van der Waals surface area (Å²) >= 11 is 0. The van der Waals surface area contributed by atoms with Crippen molar-refractivity contribution in [1.29, 1.82) is 0 Å². The van der Waals surface area contributed by atoms with Crippen molar-refractivity contribution in [2.45, 2.75) is 6.42 Å². The van der Waals surface area contributed by atoms with E-state index in [0.717, 1.165) is 19.6 Å². The summed E-state index contributed by atoms with van der Waals surface area (Å²) in [6.45, 7) is 2.79. The highest BCUT2D eigenvalue weighted by atomic mass is 16.5. The molecule has 1 aromatic rings. The summed E-state index contributed by atoms with van der Waals surface area (Å²) in [6, 6.07) is 3.39. The van der Waals surface area contributed by atoms with Crippen LogP contribution in [-0.4, -0.2) is 42.1 Å². The van der Waals surface area contributed by atoms with Gasteiger partial charge in [0.05, 0.1) is 18.4 Å². The lowest BCUT2D eigenvalue weighted by Gasteiger charge is -2.19. The number of hydrogen-bond donors (Lipinski definition) is 0. The standard InChI is InChI=1S/C11H13N2O2/c14-11(10-3-1-4-12-9-10)13-5-2-7-15-8-6-13/h1,3,9H,2,5-8H2. The minimum atomic E-state index is 0.0296. The number of amides is 1. The van der Waals surface area contributed by atoms with Crippen LogP contribution in [0.2, 0.25) is 0 Å². The van der Waals surface area contributed by atoms with Crippen LogP contribution in [0.25, 0.3) is 0 Å². The molecule has 1 amide bonds. The fourth-order valence-electron chi connectivity index (χ4n) is 1.58. The highest BCUT2D eigenvalue weighted by Gasteiger charge is 2.16. The Morgan fingerprint density at radius 1 is 1.47 bits per heavy atom. The second-order valence-corrected chi connectivity index (χ2v) is 3.43. The number of nitrogens with zero attached hydrogens (tertiary/aromatic N) is 2. The molecule has 2 heterocycles. The third kappa shape index (κ3) is 2.53. The van der Waals surface area contributed by atoms with Gasteiger partial charge in [-0.1, -0.05) is 0 Å². The molecule has 1 aromatic heterocycles. The van der Waals surface area contributed by atoms with Gasteiger partial charge in [-0.2, -0.15) is 0 Å². The Hall–Kier alpha value is -1.42. The van der Waals surface area contributed by atoms with Gasteiger partial charge in [-0.25, -0.2) is 0 Å². The van der Waals surface area contributed by atoms with Crippen LogP contribution in [-0.2, 0) is 4.74 Å². The average Bonchev–Trinajstić information content (AvgIpc) is 2.58. The minimum absolute atomic E-state index is 0.0296. The Balaban J connectivity index is 2.06. The number of pyridine rings is 1. The molecule has 2 rings (SSSR count). The molecule has 1 saturated heterocycles. The number of rotatable bonds is 1. The lowest BCUT2D eigenvalue weighted by atomic mass is 10.2. The van der Waals surface area contributed by atoms with Crippen LogP contribution >= 0.6 is 0 Å². The van der Waals surface area contributed by atoms with Crippen LogP contribution in [0, 0.1) is 6.20 Å². The molecule has 1 aliphatic heterocycles. The van der Waals surface area contributed by atoms with Crippen molar-refractivity contribution in [3.63, 3.8) is 0 Å². The molecule has 1 fully saturated rings. The molecular formula is C11H13N2O2. The van der Waals surface area contributed by atoms with E-state index in [1.54, 1.807) is 18.3 Å². The highest BCUT2D eigenvalue weighted by Crippen LogP contribution is 2.06. The molecule has 0 aromatic carbocycles. The monoisotopic (exact) mass is 205 g/mol. The minimum Gasteiger partial charge on any atom is -0.380 e. The summed E-state index contributed by atoms with van der Waals surface area (Å²) in [5.41, 5.74) is 0.621. The molecule has 0 atom stereocenters. The van der Waals surface area contributed by atoms with Crippen molar-refractivity contribution < 1.29 is 9.53 Å². The summed E-state index contributed by atoms with van der Waals surface area (Å²) in [5.74, 6) is 0.0296. The van der Waals surface area contributed by atoms with Crippen molar-refractivity contribution in [1.82, 2.24) is 9.88 Å². The molecule has 0 spiro atoms. The Kier molecular flexibility index (Phi) is 3.29. The normalized spacial score (nSPS) is 17.2. The first-order valence-electron chi connectivity index (χ1n) is 5.07. The SMILES string of the molecule is O=C(c1cc[c]nc1)N1CCCOCC1. The first-order chi connectivity index (χ1) is 7.38. The van der Waals surface area contributed by atoms with Gasteiger partial charge in [-0.15, -0.1) is 0 Å². The Bertz CT molecular complexity index is 319. The van der Waals surface area contributed by atoms with Gasteiger partial charge in [0.25, 0.3) is 5.91 Å². The summed E-state index contributed by atoms with van der Waals surface area (Å²) in [5, 5.41) is 0. The predicted octanol–water partition coefficient (Wildman–Crippen LogP) is 0.744. The van der Waals surface area contributed by atoms with Gasteiger partial charge in [0.1, 0.15) is 0 Å². The molecular weight excluding hydrogens is 192 g/mol. The summed E-state index contributed by atoms with van der Waals surface area (Å²) < 4.78 is 5.30. The maximum atomic E-state index is 12.0. The largest absolute Gasteiger partial charge is 0.380 e. The first kappa shape index (κ1) is 10.1. The van der Waals surface area contributed by atoms with Crippen LogP contribution in [0.5, 0.6) is 0 Å². The molecule has 4 heteroatoms. The Labute approximate surface area is 88.9 Å². The smallest absolute Gasteiger partial charge is 0.255 e. The average molecular weight is 205 g/mol. The topological polar surface area (TPSA) is 42.4 Å². The molecule has 1 radical (unpaired) electrons. The van der Waals surface area contributed by atoms with Gasteiger partial charge in [-0.05, 0) is 18.6 Å². The molecule has 1 aliphatic rings. The van der Waals surface area contributed by atoms with Crippen LogP contribution in [0.4, 0.5) is 0 Å². The van der Waals surface area contributed by atoms with Gasteiger partial charge in [0.15, 0.2) is 0 Å². The van der Waals surface area contributed by atoms with Gasteiger partial charge >= 0.3 is 0 Å². The zero-order valence-corrected chi connectivity index (χ0v) is 8.48. The van der Waals surface area contributed by atoms with Crippen molar-refractivity contribution in [2.24, 2.45) is 0 Å². The van der Waals surface area contributed by atoms with E-state index >= 15 is 0 Å². The molecule has 15 heavy (non-hydrogen) atoms. The number of hydrogen-bond acceptors (Lipinski definition) is 3. The fraction of sp³-hybridized carbons (Fsp3) is 0.455. The van der Waals surface area contributed by atoms with Gasteiger partial charge in [0.2, 0.25) is 0 Å². The first-order valence-corrected chi connectivity index (χ1v) is 5.07. The number of carbonyl (C=O) groups excluding carboxylic acids is 1. The molecule has 0 saturated carbocycles. The zero-order valence-electron chi connectivity index (χ0n) is 8.48. The summed E-state index contributed by atoms with van der Waals surface area (Å²) in [4.78, 5) is 17.6. The maximum absolute atomic E-state index is 12.0. The number of carbonyl (C=O) groups is 1. The lowest BCUT2D eigenvalue weighted by molar-refractivity contribution is 0.0741. The van der Waals surface area contributed by atoms with E-state index < -0.39 is 0 Å². The number of aromatic nitrogens is 1. The second kappa shape index (κ2) is 4.89. The van der Waals surface area contributed by atoms with Crippen LogP contribution in [0.1, 0.15) is 16.8 Å². The molecule has 0 N–H and O–H groups in total. The van der Waals surface area contributed by atoms with Gasteiger partial charge in [0, 0.05) is 25.9 Å². The van der Waals surface area contributed by atoms with E-state index in [1.807, 2.05) is 4.90 Å². The Morgan fingerprint density at radius 2 is 2.40 bits per heavy atom. The van der Waals surface area contributed by atoms with E-state index in [0.29, 0.717) is 18.7 Å². The Morgan fingerprint density at radius 3 is 3.20 bits per heavy atom. The molecule has 0 bridgehead atoms. The highest BCUT2D eigenvalue weighted by molar-refractivity contribution is 5.93. The molecule has 0 unspecified atom stereocenters. The fourth-order valence-corrected chi connectivity index (χ4v) is 1.58. The maximum Gasteiger partial charge on any atom is 0.255 e.